The van der Waals surface area contributed by atoms with Crippen LogP contribution in [0, 0.1) is 0 Å². The summed E-state index contributed by atoms with van der Waals surface area (Å²) in [5, 5.41) is 9.27. The van der Waals surface area contributed by atoms with Crippen LogP contribution in [0.4, 0.5) is 0 Å². The van der Waals surface area contributed by atoms with Gasteiger partial charge in [-0.15, -0.1) is 0 Å². The molecule has 0 aliphatic heterocycles. The molecule has 1 aromatic heterocycles. The summed E-state index contributed by atoms with van der Waals surface area (Å²) in [6.07, 6.45) is 0.604. The molecule has 0 aliphatic carbocycles. The Bertz CT molecular complexity index is 660. The number of para-hydroxylation sites is 1. The molecule has 0 saturated heterocycles. The average molecular weight is 276 g/mol. The minimum absolute atomic E-state index is 0.0300. The maximum atomic E-state index is 11.7. The molecule has 0 unspecified atom stereocenters. The van der Waals surface area contributed by atoms with Crippen LogP contribution in [0.2, 0.25) is 0 Å². The van der Waals surface area contributed by atoms with Gasteiger partial charge in [-0.05, 0) is 19.1 Å². The van der Waals surface area contributed by atoms with Crippen molar-refractivity contribution in [1.82, 2.24) is 9.55 Å². The van der Waals surface area contributed by atoms with Crippen LogP contribution in [0.3, 0.4) is 0 Å². The molecule has 0 radical (unpaired) electrons. The fourth-order valence-corrected chi connectivity index (χ4v) is 2.18. The number of carboxylic acid groups (broad SMARTS) is 1. The maximum absolute atomic E-state index is 11.7. The molecular weight excluding hydrogens is 260 g/mol. The number of hydrogen-bond acceptors (Lipinski definition) is 4. The number of imidazole rings is 1. The first kappa shape index (κ1) is 14.0. The normalized spacial score (nSPS) is 10.7. The molecule has 0 bridgehead atoms. The van der Waals surface area contributed by atoms with Crippen molar-refractivity contribution in [1.29, 1.82) is 0 Å². The Labute approximate surface area is 116 Å². The number of aromatic carboxylic acids is 1. The number of carbonyl (C=O) groups excluding carboxylic acids is 1. The molecular formula is C14H16N2O4. The van der Waals surface area contributed by atoms with E-state index in [0.717, 1.165) is 0 Å². The standard InChI is InChI=1S/C14H16N2O4/c1-3-11-15-10-7-5-6-9(14(18)19)13(10)16(11)8-12(17)20-4-2/h5-7H,3-4,8H2,1-2H3,(H,18,19). The van der Waals surface area contributed by atoms with Crippen molar-refractivity contribution in [2.45, 2.75) is 26.8 Å². The maximum Gasteiger partial charge on any atom is 0.337 e. The number of carboxylic acids is 1. The Balaban J connectivity index is 2.60. The van der Waals surface area contributed by atoms with Crippen molar-refractivity contribution < 1.29 is 19.4 Å². The Hall–Kier alpha value is -2.37. The summed E-state index contributed by atoms with van der Waals surface area (Å²) in [5.74, 6) is -0.772. The highest BCUT2D eigenvalue weighted by Crippen LogP contribution is 2.21. The molecule has 0 atom stereocenters. The van der Waals surface area contributed by atoms with Gasteiger partial charge in [-0.25, -0.2) is 9.78 Å². The van der Waals surface area contributed by atoms with Crippen molar-refractivity contribution in [2.75, 3.05) is 6.61 Å². The van der Waals surface area contributed by atoms with Gasteiger partial charge in [-0.3, -0.25) is 4.79 Å². The van der Waals surface area contributed by atoms with Crippen LogP contribution in [0.1, 0.15) is 30.0 Å². The van der Waals surface area contributed by atoms with Gasteiger partial charge in [0.25, 0.3) is 0 Å². The number of benzene rings is 1. The number of hydrogen-bond donors (Lipinski definition) is 1. The molecule has 0 aliphatic rings. The summed E-state index contributed by atoms with van der Waals surface area (Å²) in [5.41, 5.74) is 1.18. The van der Waals surface area contributed by atoms with Gasteiger partial charge in [0.2, 0.25) is 0 Å². The predicted octanol–water partition coefficient (Wildman–Crippen LogP) is 1.86. The van der Waals surface area contributed by atoms with Crippen molar-refractivity contribution in [3.8, 4) is 0 Å². The van der Waals surface area contributed by atoms with E-state index in [1.165, 1.54) is 6.07 Å². The minimum atomic E-state index is -1.04. The third kappa shape index (κ3) is 2.49. The van der Waals surface area contributed by atoms with Gasteiger partial charge in [0, 0.05) is 6.42 Å². The van der Waals surface area contributed by atoms with Crippen LogP contribution in [0.5, 0.6) is 0 Å². The zero-order valence-corrected chi connectivity index (χ0v) is 11.4. The van der Waals surface area contributed by atoms with Gasteiger partial charge in [-0.1, -0.05) is 13.0 Å². The van der Waals surface area contributed by atoms with Gasteiger partial charge < -0.3 is 14.4 Å². The van der Waals surface area contributed by atoms with Crippen LogP contribution >= 0.6 is 0 Å². The SMILES string of the molecule is CCOC(=O)Cn1c(CC)nc2cccc(C(=O)O)c21. The lowest BCUT2D eigenvalue weighted by Gasteiger charge is -2.08. The Morgan fingerprint density at radius 1 is 1.35 bits per heavy atom. The highest BCUT2D eigenvalue weighted by atomic mass is 16.5. The van der Waals surface area contributed by atoms with E-state index in [4.69, 9.17) is 4.74 Å². The molecule has 106 valence electrons. The van der Waals surface area contributed by atoms with Gasteiger partial charge in [0.05, 0.1) is 23.2 Å². The lowest BCUT2D eigenvalue weighted by molar-refractivity contribution is -0.143. The summed E-state index contributed by atoms with van der Waals surface area (Å²) in [6, 6.07) is 4.89. The molecule has 2 rings (SSSR count). The molecule has 0 spiro atoms. The summed E-state index contributed by atoms with van der Waals surface area (Å²) in [6.45, 7) is 3.90. The number of nitrogens with zero attached hydrogens (tertiary/aromatic N) is 2. The van der Waals surface area contributed by atoms with E-state index in [0.29, 0.717) is 29.9 Å². The Kier molecular flexibility index (Phi) is 4.02. The van der Waals surface area contributed by atoms with E-state index in [-0.39, 0.29) is 12.1 Å². The van der Waals surface area contributed by atoms with E-state index < -0.39 is 11.9 Å². The Morgan fingerprint density at radius 2 is 2.10 bits per heavy atom. The van der Waals surface area contributed by atoms with Crippen molar-refractivity contribution in [3.63, 3.8) is 0 Å². The molecule has 1 N–H and O–H groups in total. The third-order valence-corrected chi connectivity index (χ3v) is 2.98. The third-order valence-electron chi connectivity index (χ3n) is 2.98. The molecule has 0 amide bonds. The summed E-state index contributed by atoms with van der Waals surface area (Å²) in [4.78, 5) is 27.4. The molecule has 1 aromatic carbocycles. The predicted molar refractivity (Wildman–Crippen MR) is 72.7 cm³/mol. The van der Waals surface area contributed by atoms with Gasteiger partial charge in [0.1, 0.15) is 12.4 Å². The number of esters is 1. The number of aromatic nitrogens is 2. The van der Waals surface area contributed by atoms with Gasteiger partial charge >= 0.3 is 11.9 Å². The number of ether oxygens (including phenoxy) is 1. The van der Waals surface area contributed by atoms with E-state index in [1.807, 2.05) is 6.92 Å². The first-order valence-corrected chi connectivity index (χ1v) is 6.45. The first-order chi connectivity index (χ1) is 9.58. The second kappa shape index (κ2) is 5.73. The van der Waals surface area contributed by atoms with E-state index >= 15 is 0 Å². The van der Waals surface area contributed by atoms with Crippen LogP contribution < -0.4 is 0 Å². The Morgan fingerprint density at radius 3 is 2.70 bits per heavy atom. The molecule has 6 heteroatoms. The summed E-state index contributed by atoms with van der Waals surface area (Å²) in [7, 11) is 0. The first-order valence-electron chi connectivity index (χ1n) is 6.45. The van der Waals surface area contributed by atoms with Crippen LogP contribution in [-0.4, -0.2) is 33.2 Å². The largest absolute Gasteiger partial charge is 0.478 e. The average Bonchev–Trinajstić information content (AvgIpc) is 2.76. The molecule has 1 heterocycles. The molecule has 2 aromatic rings. The highest BCUT2D eigenvalue weighted by molar-refractivity contribution is 6.01. The quantitative estimate of drug-likeness (QED) is 0.843. The summed E-state index contributed by atoms with van der Waals surface area (Å²) >= 11 is 0. The number of aryl methyl sites for hydroxylation is 1. The molecule has 0 fully saturated rings. The topological polar surface area (TPSA) is 81.4 Å². The molecule has 20 heavy (non-hydrogen) atoms. The zero-order chi connectivity index (χ0) is 14.7. The van der Waals surface area contributed by atoms with E-state index in [2.05, 4.69) is 4.98 Å². The summed E-state index contributed by atoms with van der Waals surface area (Å²) < 4.78 is 6.55. The van der Waals surface area contributed by atoms with Crippen LogP contribution in [0.25, 0.3) is 11.0 Å². The van der Waals surface area contributed by atoms with Gasteiger partial charge in [-0.2, -0.15) is 0 Å². The lowest BCUT2D eigenvalue weighted by atomic mass is 10.2. The lowest BCUT2D eigenvalue weighted by Crippen LogP contribution is -2.16. The van der Waals surface area contributed by atoms with Crippen LogP contribution in [-0.2, 0) is 22.5 Å². The smallest absolute Gasteiger partial charge is 0.337 e. The fraction of sp³-hybridized carbons (Fsp3) is 0.357. The van der Waals surface area contributed by atoms with E-state index in [9.17, 15) is 14.7 Å². The number of fused-ring (bicyclic) bond motifs is 1. The van der Waals surface area contributed by atoms with Gasteiger partial charge in [0.15, 0.2) is 0 Å². The van der Waals surface area contributed by atoms with Crippen molar-refractivity contribution in [2.24, 2.45) is 0 Å². The zero-order valence-electron chi connectivity index (χ0n) is 11.4. The second-order valence-electron chi connectivity index (χ2n) is 4.25. The highest BCUT2D eigenvalue weighted by Gasteiger charge is 2.18. The van der Waals surface area contributed by atoms with Crippen molar-refractivity contribution >= 4 is 23.0 Å². The monoisotopic (exact) mass is 276 g/mol. The minimum Gasteiger partial charge on any atom is -0.478 e. The molecule has 0 saturated carbocycles. The molecule has 6 nitrogen and oxygen atoms in total. The fourth-order valence-electron chi connectivity index (χ4n) is 2.18. The van der Waals surface area contributed by atoms with E-state index in [1.54, 1.807) is 23.6 Å². The van der Waals surface area contributed by atoms with Crippen LogP contribution in [0.15, 0.2) is 18.2 Å². The second-order valence-corrected chi connectivity index (χ2v) is 4.25. The number of rotatable bonds is 5. The number of carbonyl (C=O) groups is 2. The van der Waals surface area contributed by atoms with Crippen molar-refractivity contribution in [3.05, 3.63) is 29.6 Å².